The molecule has 13 heteroatoms. The Morgan fingerprint density at radius 3 is 2.52 bits per heavy atom. The van der Waals surface area contributed by atoms with E-state index in [9.17, 15) is 9.59 Å². The molecule has 46 heavy (non-hydrogen) atoms. The third-order valence-corrected chi connectivity index (χ3v) is 9.28. The first kappa shape index (κ1) is 33.6. The first-order valence-electron chi connectivity index (χ1n) is 15.8. The Morgan fingerprint density at radius 2 is 1.78 bits per heavy atom. The van der Waals surface area contributed by atoms with Crippen molar-refractivity contribution in [2.24, 2.45) is 0 Å². The molecule has 0 radical (unpaired) electrons. The number of amides is 2. The molecule has 3 heterocycles. The van der Waals surface area contributed by atoms with Gasteiger partial charge in [0.2, 0.25) is 11.1 Å². The highest BCUT2D eigenvalue weighted by molar-refractivity contribution is 9.10. The maximum atomic E-state index is 14.2. The monoisotopic (exact) mass is 712 g/mol. The van der Waals surface area contributed by atoms with E-state index >= 15 is 0 Å². The van der Waals surface area contributed by atoms with Gasteiger partial charge in [0.05, 0.1) is 28.9 Å². The normalized spacial score (nSPS) is 16.0. The molecule has 0 saturated carbocycles. The van der Waals surface area contributed by atoms with Crippen molar-refractivity contribution in [2.45, 2.75) is 64.6 Å². The van der Waals surface area contributed by atoms with Gasteiger partial charge in [0.1, 0.15) is 11.8 Å². The Morgan fingerprint density at radius 1 is 1.04 bits per heavy atom. The average Bonchev–Trinajstić information content (AvgIpc) is 3.46. The van der Waals surface area contributed by atoms with Crippen LogP contribution in [0.1, 0.15) is 65.0 Å². The molecule has 0 spiro atoms. The summed E-state index contributed by atoms with van der Waals surface area (Å²) in [4.78, 5) is 33.6. The van der Waals surface area contributed by atoms with Crippen LogP contribution in [-0.2, 0) is 9.59 Å². The summed E-state index contributed by atoms with van der Waals surface area (Å²) in [6.45, 7) is 10.00. The maximum Gasteiger partial charge on any atom is 0.260 e. The predicted octanol–water partition coefficient (Wildman–Crippen LogP) is 6.66. The second-order valence-corrected chi connectivity index (χ2v) is 12.9. The fourth-order valence-corrected chi connectivity index (χ4v) is 6.80. The van der Waals surface area contributed by atoms with Crippen molar-refractivity contribution in [3.05, 3.63) is 57.7 Å². The number of piperidine rings is 1. The van der Waals surface area contributed by atoms with Gasteiger partial charge in [0, 0.05) is 24.5 Å². The zero-order chi connectivity index (χ0) is 32.6. The lowest BCUT2D eigenvalue weighted by atomic mass is 9.94. The molecule has 1 fully saturated rings. The minimum Gasteiger partial charge on any atom is -0.492 e. The van der Waals surface area contributed by atoms with Crippen LogP contribution in [0.3, 0.4) is 0 Å². The first-order valence-corrected chi connectivity index (χ1v) is 17.6. The van der Waals surface area contributed by atoms with E-state index in [1.807, 2.05) is 62.1 Å². The quantitative estimate of drug-likeness (QED) is 0.188. The summed E-state index contributed by atoms with van der Waals surface area (Å²) in [6, 6.07) is 10.4. The highest BCUT2D eigenvalue weighted by Crippen LogP contribution is 2.43. The van der Waals surface area contributed by atoms with Gasteiger partial charge in [-0.3, -0.25) is 9.59 Å². The number of anilines is 2. The van der Waals surface area contributed by atoms with Gasteiger partial charge in [-0.25, -0.2) is 4.68 Å². The van der Waals surface area contributed by atoms with E-state index in [2.05, 4.69) is 33.5 Å². The summed E-state index contributed by atoms with van der Waals surface area (Å²) >= 11 is 5.25. The zero-order valence-electron chi connectivity index (χ0n) is 26.7. The van der Waals surface area contributed by atoms with Crippen LogP contribution >= 0.6 is 27.7 Å². The maximum absolute atomic E-state index is 14.2. The van der Waals surface area contributed by atoms with Gasteiger partial charge in [-0.1, -0.05) is 30.8 Å². The molecule has 5 rings (SSSR count). The van der Waals surface area contributed by atoms with Crippen LogP contribution < -0.4 is 24.8 Å². The van der Waals surface area contributed by atoms with E-state index in [-0.39, 0.29) is 18.4 Å². The highest BCUT2D eigenvalue weighted by Gasteiger charge is 2.36. The number of ether oxygens (including phenoxy) is 3. The lowest BCUT2D eigenvalue weighted by molar-refractivity contribution is -0.134. The molecule has 246 valence electrons. The number of fused-ring (bicyclic) bond motifs is 1. The van der Waals surface area contributed by atoms with Crippen molar-refractivity contribution < 1.29 is 23.8 Å². The number of nitrogens with one attached hydrogen (secondary N) is 2. The molecule has 1 unspecified atom stereocenters. The van der Waals surface area contributed by atoms with Gasteiger partial charge < -0.3 is 29.7 Å². The summed E-state index contributed by atoms with van der Waals surface area (Å²) < 4.78 is 20.3. The molecule has 2 amide bonds. The van der Waals surface area contributed by atoms with Gasteiger partial charge in [-0.2, -0.15) is 4.98 Å². The summed E-state index contributed by atoms with van der Waals surface area (Å²) in [5.41, 5.74) is 2.39. The molecule has 11 nitrogen and oxygen atoms in total. The smallest absolute Gasteiger partial charge is 0.260 e. The number of thioether (sulfide) groups is 1. The fraction of sp³-hybridized carbons (Fsp3) is 0.455. The van der Waals surface area contributed by atoms with Crippen LogP contribution in [0, 0.1) is 0 Å². The van der Waals surface area contributed by atoms with Crippen LogP contribution in [-0.4, -0.2) is 70.1 Å². The van der Waals surface area contributed by atoms with Crippen LogP contribution in [0.4, 0.5) is 11.6 Å². The van der Waals surface area contributed by atoms with Gasteiger partial charge >= 0.3 is 0 Å². The first-order chi connectivity index (χ1) is 22.3. The number of likely N-dealkylation sites (tertiary alicyclic amines) is 1. The van der Waals surface area contributed by atoms with Crippen molar-refractivity contribution >= 4 is 51.1 Å². The third-order valence-electron chi connectivity index (χ3n) is 7.64. The lowest BCUT2D eigenvalue weighted by Crippen LogP contribution is -2.38. The molecule has 2 N–H and O–H groups in total. The van der Waals surface area contributed by atoms with Crippen molar-refractivity contribution in [1.82, 2.24) is 19.7 Å². The predicted molar refractivity (Wildman–Crippen MR) is 183 cm³/mol. The Hall–Kier alpha value is -3.71. The Bertz CT molecular complexity index is 1590. The van der Waals surface area contributed by atoms with E-state index in [1.54, 1.807) is 16.4 Å². The Balaban J connectivity index is 1.53. The van der Waals surface area contributed by atoms with Crippen molar-refractivity contribution in [1.29, 1.82) is 0 Å². The van der Waals surface area contributed by atoms with Crippen LogP contribution in [0.25, 0.3) is 0 Å². The second-order valence-electron chi connectivity index (χ2n) is 11.0. The molecule has 2 aliphatic heterocycles. The Labute approximate surface area is 282 Å². The van der Waals surface area contributed by atoms with E-state index in [1.165, 1.54) is 0 Å². The number of allylic oxidation sites excluding steroid dienone is 1. The van der Waals surface area contributed by atoms with Gasteiger partial charge in [0.15, 0.2) is 18.1 Å². The number of rotatable bonds is 13. The zero-order valence-corrected chi connectivity index (χ0v) is 29.1. The van der Waals surface area contributed by atoms with E-state index in [0.29, 0.717) is 63.0 Å². The van der Waals surface area contributed by atoms with E-state index in [4.69, 9.17) is 24.3 Å². The third kappa shape index (κ3) is 7.63. The highest BCUT2D eigenvalue weighted by atomic mass is 79.9. The largest absolute Gasteiger partial charge is 0.492 e. The number of hydrogen-bond acceptors (Lipinski definition) is 9. The molecular formula is C33H41BrN6O5S. The number of carbonyl (C=O) groups excluding carboxylic acids is 2. The number of para-hydroxylation sites is 2. The average molecular weight is 714 g/mol. The Kier molecular flexibility index (Phi) is 11.5. The summed E-state index contributed by atoms with van der Waals surface area (Å²) in [6.07, 6.45) is 4.13. The molecule has 1 saturated heterocycles. The van der Waals surface area contributed by atoms with Crippen LogP contribution in [0.5, 0.6) is 17.2 Å². The number of benzene rings is 2. The van der Waals surface area contributed by atoms with Gasteiger partial charge in [-0.15, -0.1) is 5.10 Å². The summed E-state index contributed by atoms with van der Waals surface area (Å²) in [7, 11) is 0. The summed E-state index contributed by atoms with van der Waals surface area (Å²) in [5, 5.41) is 11.8. The van der Waals surface area contributed by atoms with E-state index in [0.717, 1.165) is 50.1 Å². The van der Waals surface area contributed by atoms with Gasteiger partial charge in [0.25, 0.3) is 11.8 Å². The molecular weight excluding hydrogens is 672 g/mol. The van der Waals surface area contributed by atoms with Crippen molar-refractivity contribution in [2.75, 3.05) is 49.3 Å². The van der Waals surface area contributed by atoms with Crippen LogP contribution in [0.2, 0.25) is 0 Å². The number of nitrogens with zero attached hydrogens (tertiary/aromatic N) is 4. The minimum atomic E-state index is -0.654. The van der Waals surface area contributed by atoms with Crippen molar-refractivity contribution in [3.63, 3.8) is 0 Å². The molecule has 3 aromatic rings. The summed E-state index contributed by atoms with van der Waals surface area (Å²) in [5.74, 6) is 2.51. The molecule has 0 aliphatic carbocycles. The minimum absolute atomic E-state index is 0.0503. The number of aromatic nitrogens is 3. The van der Waals surface area contributed by atoms with Gasteiger partial charge in [-0.05, 0) is 92.2 Å². The number of carbonyl (C=O) groups is 2. The molecule has 1 atom stereocenters. The molecule has 0 bridgehead atoms. The molecule has 2 aromatic carbocycles. The lowest BCUT2D eigenvalue weighted by Gasteiger charge is -2.30. The number of hydrogen-bond donors (Lipinski definition) is 2. The van der Waals surface area contributed by atoms with Crippen LogP contribution in [0.15, 0.2) is 57.3 Å². The fourth-order valence-electron chi connectivity index (χ4n) is 5.55. The molecule has 2 aliphatic rings. The SMILES string of the molecule is CCCSc1nc2n(n1)C(c1cc(Br)c(OCC(=O)N3CCCCC3)c(OCC)c1)C(C(=O)Nc1ccccc1OCC)=C(C)N2. The van der Waals surface area contributed by atoms with E-state index < -0.39 is 6.04 Å². The number of halogens is 1. The molecule has 1 aromatic heterocycles. The second kappa shape index (κ2) is 15.7. The standard InChI is InChI=1S/C33H41BrN6O5S/c1-5-17-46-33-37-32-35-21(4)28(31(42)36-24-13-9-10-14-25(24)43-6-2)29(40(32)38-33)22-18-23(34)30(26(19-22)44-7-3)45-20-27(41)39-15-11-8-12-16-39/h9-10,13-14,18-19,29H,5-8,11-12,15-17,20H2,1-4H3,(H,36,42)(H,35,37,38). The topological polar surface area (TPSA) is 120 Å². The van der Waals surface area contributed by atoms with Crippen molar-refractivity contribution in [3.8, 4) is 17.2 Å².